The monoisotopic (exact) mass is 453 g/mol. The smallest absolute Gasteiger partial charge is 0.267 e. The molecule has 0 bridgehead atoms. The number of carbonyl (C=O) groups excluding carboxylic acids is 1. The Labute approximate surface area is 190 Å². The van der Waals surface area contributed by atoms with Crippen LogP contribution in [-0.4, -0.2) is 27.3 Å². The summed E-state index contributed by atoms with van der Waals surface area (Å²) in [4.78, 5) is 33.3. The third kappa shape index (κ3) is 4.17. The van der Waals surface area contributed by atoms with Crippen LogP contribution < -0.4 is 10.9 Å². The number of fused-ring (bicyclic) bond motifs is 3. The van der Waals surface area contributed by atoms with Crippen LogP contribution in [-0.2, 0) is 17.6 Å². The van der Waals surface area contributed by atoms with Gasteiger partial charge < -0.3 is 5.32 Å². The van der Waals surface area contributed by atoms with E-state index in [-0.39, 0.29) is 17.2 Å². The molecule has 0 aliphatic heterocycles. The number of aromatic nitrogens is 2. The first-order chi connectivity index (χ1) is 15.1. The van der Waals surface area contributed by atoms with Crippen molar-refractivity contribution in [3.05, 3.63) is 50.6 Å². The first-order valence-electron chi connectivity index (χ1n) is 11.2. The van der Waals surface area contributed by atoms with Crippen LogP contribution in [0.1, 0.15) is 54.5 Å². The van der Waals surface area contributed by atoms with Crippen molar-refractivity contribution >= 4 is 39.2 Å². The van der Waals surface area contributed by atoms with Gasteiger partial charge in [-0.25, -0.2) is 4.98 Å². The van der Waals surface area contributed by atoms with Gasteiger partial charge in [0.15, 0.2) is 5.16 Å². The number of rotatable bonds is 5. The van der Waals surface area contributed by atoms with E-state index in [4.69, 9.17) is 4.98 Å². The van der Waals surface area contributed by atoms with Crippen molar-refractivity contribution in [2.75, 3.05) is 5.75 Å². The lowest BCUT2D eigenvalue weighted by Crippen LogP contribution is -2.34. The molecule has 1 N–H and O–H groups in total. The summed E-state index contributed by atoms with van der Waals surface area (Å²) < 4.78 is 1.71. The summed E-state index contributed by atoms with van der Waals surface area (Å²) in [7, 11) is 0. The number of thiophene rings is 1. The van der Waals surface area contributed by atoms with Gasteiger partial charge in [0.2, 0.25) is 5.91 Å². The van der Waals surface area contributed by atoms with Crippen molar-refractivity contribution in [1.29, 1.82) is 0 Å². The molecule has 0 unspecified atom stereocenters. The van der Waals surface area contributed by atoms with Crippen LogP contribution in [0, 0.1) is 6.92 Å². The maximum absolute atomic E-state index is 13.7. The fourth-order valence-electron chi connectivity index (χ4n) is 4.75. The molecule has 2 aliphatic carbocycles. The number of nitrogens with zero attached hydrogens (tertiary/aromatic N) is 2. The predicted molar refractivity (Wildman–Crippen MR) is 128 cm³/mol. The lowest BCUT2D eigenvalue weighted by atomic mass is 9.97. The molecule has 0 spiro atoms. The summed E-state index contributed by atoms with van der Waals surface area (Å²) in [5.74, 6) is 0.290. The number of nitrogens with one attached hydrogen (secondary N) is 1. The van der Waals surface area contributed by atoms with Crippen molar-refractivity contribution in [3.63, 3.8) is 0 Å². The highest BCUT2D eigenvalue weighted by Crippen LogP contribution is 2.35. The zero-order valence-corrected chi connectivity index (χ0v) is 19.4. The second-order valence-corrected chi connectivity index (χ2v) is 10.6. The van der Waals surface area contributed by atoms with Gasteiger partial charge in [-0.2, -0.15) is 0 Å². The summed E-state index contributed by atoms with van der Waals surface area (Å²) in [5, 5.41) is 4.52. The van der Waals surface area contributed by atoms with E-state index >= 15 is 0 Å². The second kappa shape index (κ2) is 8.79. The van der Waals surface area contributed by atoms with Gasteiger partial charge >= 0.3 is 0 Å². The van der Waals surface area contributed by atoms with Crippen molar-refractivity contribution in [2.24, 2.45) is 0 Å². The topological polar surface area (TPSA) is 64.0 Å². The Balaban J connectivity index is 1.54. The Morgan fingerprint density at radius 1 is 1.23 bits per heavy atom. The van der Waals surface area contributed by atoms with E-state index in [1.165, 1.54) is 41.5 Å². The number of hydrogen-bond donors (Lipinski definition) is 1. The van der Waals surface area contributed by atoms with Gasteiger partial charge in [0.25, 0.3) is 5.56 Å². The molecule has 0 atom stereocenters. The summed E-state index contributed by atoms with van der Waals surface area (Å²) in [6.07, 6.45) is 8.79. The molecule has 5 rings (SSSR count). The molecule has 31 heavy (non-hydrogen) atoms. The molecule has 3 aromatic rings. The van der Waals surface area contributed by atoms with Crippen LogP contribution in [0.5, 0.6) is 0 Å². The van der Waals surface area contributed by atoms with Gasteiger partial charge in [0, 0.05) is 10.9 Å². The maximum atomic E-state index is 13.7. The van der Waals surface area contributed by atoms with Crippen LogP contribution in [0.2, 0.25) is 0 Å². The number of thioether (sulfide) groups is 1. The highest BCUT2D eigenvalue weighted by Gasteiger charge is 2.24. The number of hydrogen-bond acceptors (Lipinski definition) is 5. The fourth-order valence-corrected chi connectivity index (χ4v) is 6.87. The van der Waals surface area contributed by atoms with Crippen LogP contribution in [0.25, 0.3) is 15.9 Å². The minimum atomic E-state index is -0.00583. The molecule has 2 aliphatic rings. The summed E-state index contributed by atoms with van der Waals surface area (Å²) >= 11 is 3.02. The molecule has 162 valence electrons. The molecule has 2 heterocycles. The maximum Gasteiger partial charge on any atom is 0.267 e. The molecular weight excluding hydrogens is 426 g/mol. The average molecular weight is 454 g/mol. The number of benzene rings is 1. The average Bonchev–Trinajstić information content (AvgIpc) is 3.39. The Bertz CT molecular complexity index is 1190. The molecule has 0 radical (unpaired) electrons. The van der Waals surface area contributed by atoms with Crippen LogP contribution in [0.15, 0.2) is 34.2 Å². The van der Waals surface area contributed by atoms with E-state index in [0.29, 0.717) is 11.2 Å². The predicted octanol–water partition coefficient (Wildman–Crippen LogP) is 4.79. The largest absolute Gasteiger partial charge is 0.353 e. The van der Waals surface area contributed by atoms with E-state index in [9.17, 15) is 9.59 Å². The molecule has 1 fully saturated rings. The molecule has 7 heteroatoms. The Morgan fingerprint density at radius 2 is 2.03 bits per heavy atom. The van der Waals surface area contributed by atoms with Gasteiger partial charge in [-0.05, 0) is 68.7 Å². The Kier molecular flexibility index (Phi) is 5.89. The Morgan fingerprint density at radius 3 is 2.84 bits per heavy atom. The minimum Gasteiger partial charge on any atom is -0.353 e. The minimum absolute atomic E-state index is 0.00583. The third-order valence-electron chi connectivity index (χ3n) is 6.27. The molecule has 2 aromatic heterocycles. The van der Waals surface area contributed by atoms with Gasteiger partial charge in [-0.15, -0.1) is 11.3 Å². The molecule has 1 saturated carbocycles. The molecule has 1 amide bonds. The number of amides is 1. The highest BCUT2D eigenvalue weighted by molar-refractivity contribution is 7.99. The quantitative estimate of drug-likeness (QED) is 0.446. The van der Waals surface area contributed by atoms with E-state index in [1.807, 2.05) is 31.2 Å². The van der Waals surface area contributed by atoms with Gasteiger partial charge in [-0.1, -0.05) is 36.7 Å². The van der Waals surface area contributed by atoms with Crippen molar-refractivity contribution in [1.82, 2.24) is 14.9 Å². The summed E-state index contributed by atoms with van der Waals surface area (Å²) in [6.45, 7) is 2.02. The molecule has 5 nitrogen and oxygen atoms in total. The molecule has 1 aromatic carbocycles. The van der Waals surface area contributed by atoms with E-state index in [2.05, 4.69) is 5.32 Å². The zero-order valence-electron chi connectivity index (χ0n) is 17.8. The SMILES string of the molecule is Cc1cccc(-n2c(SCC(=O)NC3CCCC3)nc3sc4c(c3c2=O)CCCC4)c1. The van der Waals surface area contributed by atoms with E-state index < -0.39 is 0 Å². The number of aryl methyl sites for hydroxylation is 3. The molecule has 0 saturated heterocycles. The number of carbonyl (C=O) groups is 1. The van der Waals surface area contributed by atoms with Crippen molar-refractivity contribution in [2.45, 2.75) is 69.5 Å². The highest BCUT2D eigenvalue weighted by atomic mass is 32.2. The normalized spacial score (nSPS) is 16.5. The van der Waals surface area contributed by atoms with E-state index in [1.54, 1.807) is 15.9 Å². The first kappa shape index (κ1) is 20.8. The standard InChI is InChI=1S/C24H27N3O2S2/c1-15-7-6-10-17(13-15)27-23(29)21-18-11-4-5-12-19(18)31-22(21)26-24(27)30-14-20(28)25-16-8-2-3-9-16/h6-7,10,13,16H,2-5,8-9,11-12,14H2,1H3,(H,25,28). The van der Waals surface area contributed by atoms with Gasteiger partial charge in [0.1, 0.15) is 4.83 Å². The lowest BCUT2D eigenvalue weighted by Gasteiger charge is -2.15. The van der Waals surface area contributed by atoms with E-state index in [0.717, 1.165) is 53.6 Å². The van der Waals surface area contributed by atoms with Crippen molar-refractivity contribution in [3.8, 4) is 5.69 Å². The first-order valence-corrected chi connectivity index (χ1v) is 13.0. The zero-order chi connectivity index (χ0) is 21.4. The fraction of sp³-hybridized carbons (Fsp3) is 0.458. The second-order valence-electron chi connectivity index (χ2n) is 8.60. The van der Waals surface area contributed by atoms with Crippen molar-refractivity contribution < 1.29 is 4.79 Å². The third-order valence-corrected chi connectivity index (χ3v) is 8.39. The van der Waals surface area contributed by atoms with Gasteiger partial charge in [-0.3, -0.25) is 14.2 Å². The van der Waals surface area contributed by atoms with Gasteiger partial charge in [0.05, 0.1) is 16.8 Å². The summed E-state index contributed by atoms with van der Waals surface area (Å²) in [6, 6.07) is 8.24. The molecular formula is C24H27N3O2S2. The van der Waals surface area contributed by atoms with Crippen LogP contribution >= 0.6 is 23.1 Å². The lowest BCUT2D eigenvalue weighted by molar-refractivity contribution is -0.119. The Hall–Kier alpha value is -2.12. The van der Waals surface area contributed by atoms with Crippen LogP contribution in [0.3, 0.4) is 0 Å². The summed E-state index contributed by atoms with van der Waals surface area (Å²) in [5.41, 5.74) is 3.09. The van der Waals surface area contributed by atoms with Crippen LogP contribution in [0.4, 0.5) is 0 Å².